The molecule has 2 N–H and O–H groups in total. The second kappa shape index (κ2) is 5.70. The van der Waals surface area contributed by atoms with Crippen molar-refractivity contribution in [2.24, 2.45) is 12.8 Å². The fraction of sp³-hybridized carbons (Fsp3) is 0.438. The van der Waals surface area contributed by atoms with Crippen molar-refractivity contribution in [3.05, 3.63) is 41.2 Å². The van der Waals surface area contributed by atoms with Gasteiger partial charge >= 0.3 is 0 Å². The van der Waals surface area contributed by atoms with E-state index in [1.54, 1.807) is 41.9 Å². The van der Waals surface area contributed by atoms with Crippen LogP contribution in [0, 0.1) is 6.92 Å². The van der Waals surface area contributed by atoms with E-state index in [0.29, 0.717) is 23.8 Å². The SMILES string of the molecule is Cc1cc(C(N)=O)nc(C2(C)CCCN2C(=O)c2ccnn2C)n1. The third-order valence-electron chi connectivity index (χ3n) is 4.51. The number of hydrogen-bond acceptors (Lipinski definition) is 5. The zero-order valence-corrected chi connectivity index (χ0v) is 14.0. The molecule has 1 atom stereocenters. The molecule has 1 unspecified atom stereocenters. The third kappa shape index (κ3) is 2.53. The van der Waals surface area contributed by atoms with Crippen LogP contribution in [0.5, 0.6) is 0 Å². The van der Waals surface area contributed by atoms with Gasteiger partial charge < -0.3 is 10.6 Å². The number of primary amides is 1. The van der Waals surface area contributed by atoms with Gasteiger partial charge in [0.05, 0.1) is 0 Å². The van der Waals surface area contributed by atoms with Gasteiger partial charge in [0.25, 0.3) is 11.8 Å². The molecule has 0 bridgehead atoms. The zero-order chi connectivity index (χ0) is 17.5. The summed E-state index contributed by atoms with van der Waals surface area (Å²) in [4.78, 5) is 35.0. The molecule has 0 saturated carbocycles. The number of nitrogens with zero attached hydrogens (tertiary/aromatic N) is 5. The molecule has 3 rings (SSSR count). The molecule has 2 amide bonds. The number of likely N-dealkylation sites (tertiary alicyclic amines) is 1. The molecule has 24 heavy (non-hydrogen) atoms. The first-order chi connectivity index (χ1) is 11.3. The minimum Gasteiger partial charge on any atom is -0.364 e. The molecule has 3 heterocycles. The lowest BCUT2D eigenvalue weighted by atomic mass is 9.97. The van der Waals surface area contributed by atoms with Crippen LogP contribution >= 0.6 is 0 Å². The van der Waals surface area contributed by atoms with Gasteiger partial charge in [0, 0.05) is 25.5 Å². The maximum absolute atomic E-state index is 12.9. The lowest BCUT2D eigenvalue weighted by Gasteiger charge is -2.34. The van der Waals surface area contributed by atoms with Crippen molar-refractivity contribution in [3.63, 3.8) is 0 Å². The third-order valence-corrected chi connectivity index (χ3v) is 4.51. The Labute approximate surface area is 139 Å². The predicted octanol–water partition coefficient (Wildman–Crippen LogP) is 0.769. The number of rotatable bonds is 3. The smallest absolute Gasteiger partial charge is 0.272 e. The summed E-state index contributed by atoms with van der Waals surface area (Å²) in [6, 6.07) is 3.24. The maximum atomic E-state index is 12.9. The van der Waals surface area contributed by atoms with Crippen molar-refractivity contribution in [1.82, 2.24) is 24.6 Å². The van der Waals surface area contributed by atoms with E-state index < -0.39 is 11.4 Å². The molecule has 0 spiro atoms. The minimum absolute atomic E-state index is 0.124. The highest BCUT2D eigenvalue weighted by Gasteiger charge is 2.44. The van der Waals surface area contributed by atoms with Crippen LogP contribution in [0.3, 0.4) is 0 Å². The first-order valence-electron chi connectivity index (χ1n) is 7.79. The van der Waals surface area contributed by atoms with Gasteiger partial charge in [-0.2, -0.15) is 5.10 Å². The molecule has 0 radical (unpaired) electrons. The zero-order valence-electron chi connectivity index (χ0n) is 14.0. The summed E-state index contributed by atoms with van der Waals surface area (Å²) in [5.74, 6) is -0.280. The predicted molar refractivity (Wildman–Crippen MR) is 86.1 cm³/mol. The minimum atomic E-state index is -0.683. The molecule has 0 aromatic carbocycles. The van der Waals surface area contributed by atoms with E-state index in [4.69, 9.17) is 5.73 Å². The van der Waals surface area contributed by atoms with Crippen LogP contribution < -0.4 is 5.73 Å². The molecular weight excluding hydrogens is 308 g/mol. The standard InChI is InChI=1S/C16H20N6O2/c1-10-9-11(13(17)23)20-15(19-10)16(2)6-4-8-22(16)14(24)12-5-7-18-21(12)3/h5,7,9H,4,6,8H2,1-3H3,(H2,17,23). The molecule has 2 aromatic rings. The number of hydrogen-bond donors (Lipinski definition) is 1. The van der Waals surface area contributed by atoms with Crippen molar-refractivity contribution in [2.45, 2.75) is 32.2 Å². The number of nitrogens with two attached hydrogens (primary N) is 1. The largest absolute Gasteiger partial charge is 0.364 e. The first-order valence-corrected chi connectivity index (χ1v) is 7.79. The quantitative estimate of drug-likeness (QED) is 0.895. The maximum Gasteiger partial charge on any atom is 0.272 e. The summed E-state index contributed by atoms with van der Waals surface area (Å²) < 4.78 is 1.55. The molecule has 0 aliphatic carbocycles. The molecular formula is C16H20N6O2. The van der Waals surface area contributed by atoms with E-state index in [9.17, 15) is 9.59 Å². The van der Waals surface area contributed by atoms with Gasteiger partial charge in [-0.15, -0.1) is 0 Å². The first kappa shape index (κ1) is 16.1. The van der Waals surface area contributed by atoms with E-state index in [2.05, 4.69) is 15.1 Å². The lowest BCUT2D eigenvalue weighted by molar-refractivity contribution is 0.0592. The Bertz CT molecular complexity index is 815. The highest BCUT2D eigenvalue weighted by Crippen LogP contribution is 2.37. The number of amides is 2. The number of aryl methyl sites for hydroxylation is 2. The Morgan fingerprint density at radius 2 is 2.08 bits per heavy atom. The lowest BCUT2D eigenvalue weighted by Crippen LogP contribution is -2.45. The average molecular weight is 328 g/mol. The van der Waals surface area contributed by atoms with Crippen LogP contribution in [-0.4, -0.2) is 43.0 Å². The van der Waals surface area contributed by atoms with Crippen molar-refractivity contribution in [1.29, 1.82) is 0 Å². The monoisotopic (exact) mass is 328 g/mol. The van der Waals surface area contributed by atoms with E-state index >= 15 is 0 Å². The van der Waals surface area contributed by atoms with Crippen molar-refractivity contribution >= 4 is 11.8 Å². The number of carbonyl (C=O) groups excluding carboxylic acids is 2. The van der Waals surface area contributed by atoms with Gasteiger partial charge in [0.1, 0.15) is 16.9 Å². The topological polar surface area (TPSA) is 107 Å². The van der Waals surface area contributed by atoms with E-state index in [1.807, 2.05) is 6.92 Å². The van der Waals surface area contributed by atoms with Gasteiger partial charge in [-0.05, 0) is 38.8 Å². The fourth-order valence-electron chi connectivity index (χ4n) is 3.18. The van der Waals surface area contributed by atoms with E-state index in [1.165, 1.54) is 0 Å². The molecule has 1 saturated heterocycles. The second-order valence-corrected chi connectivity index (χ2v) is 6.26. The Morgan fingerprint density at radius 3 is 2.71 bits per heavy atom. The fourth-order valence-corrected chi connectivity index (χ4v) is 3.18. The number of carbonyl (C=O) groups is 2. The van der Waals surface area contributed by atoms with Gasteiger partial charge in [-0.3, -0.25) is 14.3 Å². The second-order valence-electron chi connectivity index (χ2n) is 6.26. The molecule has 8 heteroatoms. The van der Waals surface area contributed by atoms with Gasteiger partial charge in [0.2, 0.25) is 0 Å². The van der Waals surface area contributed by atoms with Crippen molar-refractivity contribution in [2.75, 3.05) is 6.54 Å². The molecule has 126 valence electrons. The van der Waals surface area contributed by atoms with Crippen LogP contribution in [0.15, 0.2) is 18.3 Å². The highest BCUT2D eigenvalue weighted by molar-refractivity contribution is 5.93. The van der Waals surface area contributed by atoms with Crippen LogP contribution in [0.25, 0.3) is 0 Å². The van der Waals surface area contributed by atoms with E-state index in [0.717, 1.165) is 12.8 Å². The summed E-state index contributed by atoms with van der Waals surface area (Å²) in [6.07, 6.45) is 3.15. The molecule has 1 aliphatic heterocycles. The van der Waals surface area contributed by atoms with Crippen LogP contribution in [0.1, 0.15) is 52.3 Å². The van der Waals surface area contributed by atoms with Gasteiger partial charge in [0.15, 0.2) is 5.82 Å². The van der Waals surface area contributed by atoms with Gasteiger partial charge in [-0.1, -0.05) is 0 Å². The Kier molecular flexibility index (Phi) is 3.82. The highest BCUT2D eigenvalue weighted by atomic mass is 16.2. The van der Waals surface area contributed by atoms with E-state index in [-0.39, 0.29) is 11.6 Å². The average Bonchev–Trinajstić information content (AvgIpc) is 3.13. The Morgan fingerprint density at radius 1 is 1.33 bits per heavy atom. The summed E-state index contributed by atoms with van der Waals surface area (Å²) in [6.45, 7) is 4.31. The Balaban J connectivity index is 2.04. The van der Waals surface area contributed by atoms with Crippen molar-refractivity contribution < 1.29 is 9.59 Å². The van der Waals surface area contributed by atoms with Crippen LogP contribution in [0.2, 0.25) is 0 Å². The van der Waals surface area contributed by atoms with Crippen LogP contribution in [-0.2, 0) is 12.6 Å². The molecule has 1 aliphatic rings. The van der Waals surface area contributed by atoms with Crippen molar-refractivity contribution in [3.8, 4) is 0 Å². The number of aromatic nitrogens is 4. The van der Waals surface area contributed by atoms with Crippen LogP contribution in [0.4, 0.5) is 0 Å². The summed E-state index contributed by atoms with van der Waals surface area (Å²) >= 11 is 0. The molecule has 8 nitrogen and oxygen atoms in total. The molecule has 1 fully saturated rings. The Hall–Kier alpha value is -2.77. The van der Waals surface area contributed by atoms with Gasteiger partial charge in [-0.25, -0.2) is 9.97 Å². The normalized spacial score (nSPS) is 20.4. The summed E-state index contributed by atoms with van der Waals surface area (Å²) in [7, 11) is 1.73. The summed E-state index contributed by atoms with van der Waals surface area (Å²) in [5.41, 5.74) is 6.00. The molecule has 2 aromatic heterocycles. The summed E-state index contributed by atoms with van der Waals surface area (Å²) in [5, 5.41) is 4.06.